The van der Waals surface area contributed by atoms with E-state index >= 15 is 0 Å². The number of aryl methyl sites for hydroxylation is 3. The van der Waals surface area contributed by atoms with Gasteiger partial charge in [0.15, 0.2) is 0 Å². The van der Waals surface area contributed by atoms with E-state index in [-0.39, 0.29) is 23.9 Å². The maximum atomic E-state index is 12.4. The molecule has 2 aromatic carbocycles. The number of benzene rings is 2. The second-order valence-electron chi connectivity index (χ2n) is 6.15. The lowest BCUT2D eigenvalue weighted by Crippen LogP contribution is -2.37. The summed E-state index contributed by atoms with van der Waals surface area (Å²) in [5.74, 6) is -0.129. The Morgan fingerprint density at radius 2 is 1.76 bits per heavy atom. The number of carbonyl (C=O) groups is 1. The summed E-state index contributed by atoms with van der Waals surface area (Å²) in [6, 6.07) is 12.6. The van der Waals surface area contributed by atoms with Gasteiger partial charge < -0.3 is 4.90 Å². The number of rotatable bonds is 6. The first-order chi connectivity index (χ1) is 11.7. The summed E-state index contributed by atoms with van der Waals surface area (Å²) in [6.07, 6.45) is 0. The molecule has 0 saturated heterocycles. The Balaban J connectivity index is 2.08. The van der Waals surface area contributed by atoms with Gasteiger partial charge in [0.2, 0.25) is 15.9 Å². The van der Waals surface area contributed by atoms with Crippen LogP contribution in [-0.2, 0) is 14.8 Å². The van der Waals surface area contributed by atoms with Crippen LogP contribution in [0.3, 0.4) is 0 Å². The second-order valence-corrected chi connectivity index (χ2v) is 7.92. The number of hydrogen-bond donors (Lipinski definition) is 1. The molecule has 0 radical (unpaired) electrons. The smallest absolute Gasteiger partial charge is 0.240 e. The van der Waals surface area contributed by atoms with Crippen molar-refractivity contribution in [3.8, 4) is 0 Å². The predicted octanol–water partition coefficient (Wildman–Crippen LogP) is 2.94. The highest BCUT2D eigenvalue weighted by Gasteiger charge is 2.16. The lowest BCUT2D eigenvalue weighted by atomic mass is 10.1. The van der Waals surface area contributed by atoms with Gasteiger partial charge >= 0.3 is 0 Å². The van der Waals surface area contributed by atoms with Crippen LogP contribution in [0.15, 0.2) is 47.4 Å². The third kappa shape index (κ3) is 4.90. The minimum absolute atomic E-state index is 0.129. The molecule has 2 rings (SSSR count). The minimum Gasteiger partial charge on any atom is -0.311 e. The van der Waals surface area contributed by atoms with Crippen molar-refractivity contribution >= 4 is 21.6 Å². The molecule has 1 N–H and O–H groups in total. The molecule has 0 unspecified atom stereocenters. The van der Waals surface area contributed by atoms with Crippen molar-refractivity contribution in [2.24, 2.45) is 0 Å². The predicted molar refractivity (Wildman–Crippen MR) is 100 cm³/mol. The van der Waals surface area contributed by atoms with Crippen molar-refractivity contribution in [2.75, 3.05) is 18.0 Å². The number of nitrogens with one attached hydrogen (secondary N) is 1. The van der Waals surface area contributed by atoms with E-state index in [1.165, 1.54) is 6.92 Å². The standard InChI is InChI=1S/C19H24N2O3S/c1-14-6-5-7-18(12-14)21(17(4)22)11-10-20-25(23,24)19-9-8-15(2)16(3)13-19/h5-9,12-13,20H,10-11H2,1-4H3. The van der Waals surface area contributed by atoms with E-state index in [1.807, 2.05) is 45.0 Å². The zero-order valence-electron chi connectivity index (χ0n) is 15.0. The van der Waals surface area contributed by atoms with Gasteiger partial charge in [-0.2, -0.15) is 0 Å². The van der Waals surface area contributed by atoms with Crippen molar-refractivity contribution in [3.63, 3.8) is 0 Å². The fraction of sp³-hybridized carbons (Fsp3) is 0.316. The summed E-state index contributed by atoms with van der Waals surface area (Å²) >= 11 is 0. The van der Waals surface area contributed by atoms with Crippen LogP contribution >= 0.6 is 0 Å². The highest BCUT2D eigenvalue weighted by atomic mass is 32.2. The zero-order chi connectivity index (χ0) is 18.6. The number of hydrogen-bond acceptors (Lipinski definition) is 3. The largest absolute Gasteiger partial charge is 0.311 e. The number of amides is 1. The van der Waals surface area contributed by atoms with E-state index in [0.29, 0.717) is 0 Å². The number of carbonyl (C=O) groups excluding carboxylic acids is 1. The normalized spacial score (nSPS) is 11.4. The van der Waals surface area contributed by atoms with Crippen LogP contribution in [0.4, 0.5) is 5.69 Å². The lowest BCUT2D eigenvalue weighted by Gasteiger charge is -2.22. The molecule has 0 aliphatic heterocycles. The fourth-order valence-corrected chi connectivity index (χ4v) is 3.63. The molecule has 25 heavy (non-hydrogen) atoms. The molecule has 0 aliphatic rings. The summed E-state index contributed by atoms with van der Waals surface area (Å²) in [6.45, 7) is 7.64. The Kier molecular flexibility index (Phi) is 5.98. The maximum absolute atomic E-state index is 12.4. The average Bonchev–Trinajstić information content (AvgIpc) is 2.53. The molecule has 5 nitrogen and oxygen atoms in total. The molecule has 0 heterocycles. The van der Waals surface area contributed by atoms with Gasteiger partial charge in [-0.3, -0.25) is 4.79 Å². The summed E-state index contributed by atoms with van der Waals surface area (Å²) in [7, 11) is -3.60. The molecule has 134 valence electrons. The molecule has 0 bridgehead atoms. The third-order valence-electron chi connectivity index (χ3n) is 4.11. The number of sulfonamides is 1. The fourth-order valence-electron chi connectivity index (χ4n) is 2.52. The lowest BCUT2D eigenvalue weighted by molar-refractivity contribution is -0.116. The van der Waals surface area contributed by atoms with E-state index in [1.54, 1.807) is 23.1 Å². The molecule has 2 aromatic rings. The Hall–Kier alpha value is -2.18. The summed E-state index contributed by atoms with van der Waals surface area (Å²) in [4.78, 5) is 13.7. The Morgan fingerprint density at radius 3 is 2.36 bits per heavy atom. The first-order valence-corrected chi connectivity index (χ1v) is 9.61. The van der Waals surface area contributed by atoms with E-state index in [9.17, 15) is 13.2 Å². The monoisotopic (exact) mass is 360 g/mol. The van der Waals surface area contributed by atoms with Crippen LogP contribution in [0, 0.1) is 20.8 Å². The maximum Gasteiger partial charge on any atom is 0.240 e. The van der Waals surface area contributed by atoms with E-state index < -0.39 is 10.0 Å². The van der Waals surface area contributed by atoms with Crippen LogP contribution in [-0.4, -0.2) is 27.4 Å². The van der Waals surface area contributed by atoms with Gasteiger partial charge in [0.05, 0.1) is 4.90 Å². The highest BCUT2D eigenvalue weighted by molar-refractivity contribution is 7.89. The first-order valence-electron chi connectivity index (χ1n) is 8.12. The van der Waals surface area contributed by atoms with Gasteiger partial charge in [-0.1, -0.05) is 18.2 Å². The topological polar surface area (TPSA) is 66.5 Å². The van der Waals surface area contributed by atoms with Crippen molar-refractivity contribution in [3.05, 3.63) is 59.2 Å². The third-order valence-corrected chi connectivity index (χ3v) is 5.57. The van der Waals surface area contributed by atoms with Crippen molar-refractivity contribution in [2.45, 2.75) is 32.6 Å². The zero-order valence-corrected chi connectivity index (χ0v) is 15.9. The molecule has 0 aliphatic carbocycles. The molecule has 0 atom stereocenters. The van der Waals surface area contributed by atoms with Gasteiger partial charge in [-0.05, 0) is 61.7 Å². The molecular weight excluding hydrogens is 336 g/mol. The van der Waals surface area contributed by atoms with Crippen molar-refractivity contribution in [1.82, 2.24) is 4.72 Å². The van der Waals surface area contributed by atoms with Crippen molar-refractivity contribution < 1.29 is 13.2 Å². The number of nitrogens with zero attached hydrogens (tertiary/aromatic N) is 1. The SMILES string of the molecule is CC(=O)N(CCNS(=O)(=O)c1ccc(C)c(C)c1)c1cccc(C)c1. The Labute approximate surface area is 149 Å². The van der Waals surface area contributed by atoms with Crippen LogP contribution in [0.25, 0.3) is 0 Å². The van der Waals surface area contributed by atoms with Gasteiger partial charge in [0.25, 0.3) is 0 Å². The molecule has 0 fully saturated rings. The summed E-state index contributed by atoms with van der Waals surface area (Å²) in [5, 5.41) is 0. The van der Waals surface area contributed by atoms with E-state index in [0.717, 1.165) is 22.4 Å². The quantitative estimate of drug-likeness (QED) is 0.861. The second kappa shape index (κ2) is 7.80. The van der Waals surface area contributed by atoms with E-state index in [2.05, 4.69) is 4.72 Å². The summed E-state index contributed by atoms with van der Waals surface area (Å²) in [5.41, 5.74) is 3.77. The first kappa shape index (κ1) is 19.1. The molecular formula is C19H24N2O3S. The van der Waals surface area contributed by atoms with Gasteiger partial charge in [0, 0.05) is 25.7 Å². The Morgan fingerprint density at radius 1 is 1.04 bits per heavy atom. The molecule has 0 aromatic heterocycles. The van der Waals surface area contributed by atoms with Crippen LogP contribution in [0.5, 0.6) is 0 Å². The minimum atomic E-state index is -3.60. The van der Waals surface area contributed by atoms with Crippen molar-refractivity contribution in [1.29, 1.82) is 0 Å². The molecule has 0 saturated carbocycles. The van der Waals surface area contributed by atoms with E-state index in [4.69, 9.17) is 0 Å². The van der Waals surface area contributed by atoms with Crippen LogP contribution < -0.4 is 9.62 Å². The van der Waals surface area contributed by atoms with Gasteiger partial charge in [0.1, 0.15) is 0 Å². The molecule has 0 spiro atoms. The summed E-state index contributed by atoms with van der Waals surface area (Å²) < 4.78 is 27.4. The average molecular weight is 360 g/mol. The Bertz CT molecular complexity index is 876. The van der Waals surface area contributed by atoms with Gasteiger partial charge in [-0.25, -0.2) is 13.1 Å². The number of anilines is 1. The van der Waals surface area contributed by atoms with Crippen LogP contribution in [0.2, 0.25) is 0 Å². The molecule has 1 amide bonds. The van der Waals surface area contributed by atoms with Gasteiger partial charge in [-0.15, -0.1) is 0 Å². The molecule has 6 heteroatoms. The van der Waals surface area contributed by atoms with Crippen LogP contribution in [0.1, 0.15) is 23.6 Å². The highest BCUT2D eigenvalue weighted by Crippen LogP contribution is 2.17.